The van der Waals surface area contributed by atoms with Crippen molar-refractivity contribution in [3.05, 3.63) is 48.0 Å². The van der Waals surface area contributed by atoms with Crippen LogP contribution in [0.15, 0.2) is 42.5 Å². The highest BCUT2D eigenvalue weighted by Crippen LogP contribution is 2.13. The number of hydrogen-bond acceptors (Lipinski definition) is 2. The average Bonchev–Trinajstić information content (AvgIpc) is 2.62. The van der Waals surface area contributed by atoms with E-state index in [0.29, 0.717) is 6.54 Å². The van der Waals surface area contributed by atoms with Gasteiger partial charge in [0.25, 0.3) is 0 Å². The number of unbranched alkanes of at least 4 members (excludes halogenated alkanes) is 8. The fraction of sp³-hybridized carbons (Fsp3) is 0.591. The zero-order valence-corrected chi connectivity index (χ0v) is 15.8. The maximum atomic E-state index is 11.4. The standard InChI is InChI=1S/C22H35NO2/c1-2-3-4-5-6-7-8-9-10-11-12-16-19-23-21(22(24)25)20-17-14-13-15-18-20/h10-11,13-15,17-18,21,23H,2-9,12,16,19H2,1H3,(H,24,25). The number of aliphatic carboxylic acids is 1. The molecular weight excluding hydrogens is 310 g/mol. The lowest BCUT2D eigenvalue weighted by Gasteiger charge is -2.14. The average molecular weight is 346 g/mol. The number of nitrogens with one attached hydrogen (secondary N) is 1. The van der Waals surface area contributed by atoms with Crippen molar-refractivity contribution in [3.8, 4) is 0 Å². The van der Waals surface area contributed by atoms with Crippen LogP contribution in [0.25, 0.3) is 0 Å². The van der Waals surface area contributed by atoms with Crippen LogP contribution in [0.5, 0.6) is 0 Å². The lowest BCUT2D eigenvalue weighted by molar-refractivity contribution is -0.139. The van der Waals surface area contributed by atoms with Crippen LogP contribution in [-0.2, 0) is 4.79 Å². The molecular formula is C22H35NO2. The topological polar surface area (TPSA) is 49.3 Å². The van der Waals surface area contributed by atoms with E-state index in [1.54, 1.807) is 0 Å². The van der Waals surface area contributed by atoms with Crippen molar-refractivity contribution in [1.29, 1.82) is 0 Å². The number of carbonyl (C=O) groups is 1. The third kappa shape index (κ3) is 10.8. The molecule has 0 heterocycles. The fourth-order valence-electron chi connectivity index (χ4n) is 2.91. The smallest absolute Gasteiger partial charge is 0.325 e. The third-order valence-corrected chi connectivity index (χ3v) is 4.42. The van der Waals surface area contributed by atoms with Crippen molar-refractivity contribution in [3.63, 3.8) is 0 Å². The number of allylic oxidation sites excluding steroid dienone is 2. The molecule has 0 aliphatic carbocycles. The van der Waals surface area contributed by atoms with Gasteiger partial charge in [-0.1, -0.05) is 87.9 Å². The van der Waals surface area contributed by atoms with Gasteiger partial charge in [-0.25, -0.2) is 0 Å². The molecule has 0 aromatic heterocycles. The van der Waals surface area contributed by atoms with Gasteiger partial charge in [0.1, 0.15) is 6.04 Å². The Morgan fingerprint density at radius 1 is 0.960 bits per heavy atom. The number of hydrogen-bond donors (Lipinski definition) is 2. The molecule has 140 valence electrons. The zero-order chi connectivity index (χ0) is 18.2. The SMILES string of the molecule is CCCCCCCCCC=CCCCNC(C(=O)O)c1ccccc1. The lowest BCUT2D eigenvalue weighted by atomic mass is 10.1. The predicted molar refractivity (Wildman–Crippen MR) is 106 cm³/mol. The van der Waals surface area contributed by atoms with Crippen molar-refractivity contribution in [2.24, 2.45) is 0 Å². The molecule has 1 rings (SSSR count). The summed E-state index contributed by atoms with van der Waals surface area (Å²) in [7, 11) is 0. The molecule has 2 N–H and O–H groups in total. The van der Waals surface area contributed by atoms with E-state index in [-0.39, 0.29) is 0 Å². The summed E-state index contributed by atoms with van der Waals surface area (Å²) in [5, 5.41) is 12.5. The van der Waals surface area contributed by atoms with Gasteiger partial charge in [0.05, 0.1) is 0 Å². The minimum atomic E-state index is -0.819. The predicted octanol–water partition coefficient (Wildman–Crippen LogP) is 5.88. The third-order valence-electron chi connectivity index (χ3n) is 4.42. The van der Waals surface area contributed by atoms with E-state index >= 15 is 0 Å². The van der Waals surface area contributed by atoms with Crippen LogP contribution in [0.2, 0.25) is 0 Å². The molecule has 0 aliphatic heterocycles. The van der Waals surface area contributed by atoms with Gasteiger partial charge >= 0.3 is 5.97 Å². The second-order valence-corrected chi connectivity index (χ2v) is 6.66. The highest BCUT2D eigenvalue weighted by atomic mass is 16.4. The van der Waals surface area contributed by atoms with E-state index in [1.165, 1.54) is 51.4 Å². The van der Waals surface area contributed by atoms with Crippen LogP contribution in [0, 0.1) is 0 Å². The number of carboxylic acids is 1. The van der Waals surface area contributed by atoms with Crippen molar-refractivity contribution >= 4 is 5.97 Å². The normalized spacial score (nSPS) is 12.5. The zero-order valence-electron chi connectivity index (χ0n) is 15.8. The van der Waals surface area contributed by atoms with E-state index in [9.17, 15) is 9.90 Å². The first kappa shape index (κ1) is 21.4. The van der Waals surface area contributed by atoms with Crippen molar-refractivity contribution in [2.75, 3.05) is 6.54 Å². The minimum Gasteiger partial charge on any atom is -0.480 e. The Labute approximate surface area is 153 Å². The van der Waals surface area contributed by atoms with Gasteiger partial charge in [-0.05, 0) is 37.8 Å². The first-order valence-electron chi connectivity index (χ1n) is 9.91. The van der Waals surface area contributed by atoms with Crippen LogP contribution < -0.4 is 5.32 Å². The summed E-state index contributed by atoms with van der Waals surface area (Å²) in [6, 6.07) is 8.75. The van der Waals surface area contributed by atoms with Gasteiger partial charge in [0.15, 0.2) is 0 Å². The van der Waals surface area contributed by atoms with Crippen molar-refractivity contribution in [1.82, 2.24) is 5.32 Å². The molecule has 0 saturated carbocycles. The Morgan fingerprint density at radius 2 is 1.56 bits per heavy atom. The highest BCUT2D eigenvalue weighted by Gasteiger charge is 2.17. The molecule has 0 aliphatic rings. The van der Waals surface area contributed by atoms with Gasteiger partial charge < -0.3 is 10.4 Å². The summed E-state index contributed by atoms with van der Waals surface area (Å²) in [4.78, 5) is 11.4. The van der Waals surface area contributed by atoms with E-state index in [0.717, 1.165) is 18.4 Å². The minimum absolute atomic E-state index is 0.613. The van der Waals surface area contributed by atoms with Gasteiger partial charge in [-0.3, -0.25) is 4.79 Å². The van der Waals surface area contributed by atoms with Crippen LogP contribution in [0.4, 0.5) is 0 Å². The first-order valence-corrected chi connectivity index (χ1v) is 9.91. The molecule has 0 bridgehead atoms. The Hall–Kier alpha value is -1.61. The first-order chi connectivity index (χ1) is 12.3. The van der Waals surface area contributed by atoms with E-state index in [1.807, 2.05) is 30.3 Å². The van der Waals surface area contributed by atoms with Crippen LogP contribution in [0.1, 0.15) is 82.7 Å². The van der Waals surface area contributed by atoms with Crippen LogP contribution >= 0.6 is 0 Å². The molecule has 0 saturated heterocycles. The quantitative estimate of drug-likeness (QED) is 0.308. The molecule has 0 radical (unpaired) electrons. The van der Waals surface area contributed by atoms with Gasteiger partial charge in [0.2, 0.25) is 0 Å². The Bertz CT molecular complexity index is 470. The molecule has 3 nitrogen and oxygen atoms in total. The Kier molecular flexibility index (Phi) is 12.6. The number of rotatable bonds is 15. The van der Waals surface area contributed by atoms with E-state index < -0.39 is 12.0 Å². The molecule has 0 spiro atoms. The molecule has 3 heteroatoms. The molecule has 0 fully saturated rings. The molecule has 1 aromatic carbocycles. The molecule has 1 unspecified atom stereocenters. The highest BCUT2D eigenvalue weighted by molar-refractivity contribution is 5.75. The lowest BCUT2D eigenvalue weighted by Crippen LogP contribution is -2.29. The summed E-state index contributed by atoms with van der Waals surface area (Å²) < 4.78 is 0. The summed E-state index contributed by atoms with van der Waals surface area (Å²) in [5.41, 5.74) is 0.810. The second kappa shape index (κ2) is 14.7. The number of carboxylic acid groups (broad SMARTS) is 1. The monoisotopic (exact) mass is 345 g/mol. The molecule has 25 heavy (non-hydrogen) atoms. The van der Waals surface area contributed by atoms with Gasteiger partial charge in [-0.2, -0.15) is 0 Å². The molecule has 0 amide bonds. The molecule has 1 aromatic rings. The summed E-state index contributed by atoms with van der Waals surface area (Å²) >= 11 is 0. The van der Waals surface area contributed by atoms with Crippen LogP contribution in [0.3, 0.4) is 0 Å². The summed E-state index contributed by atoms with van der Waals surface area (Å²) in [6.45, 7) is 2.97. The van der Waals surface area contributed by atoms with Gasteiger partial charge in [0, 0.05) is 0 Å². The summed E-state index contributed by atoms with van der Waals surface area (Å²) in [6.07, 6.45) is 17.1. The summed E-state index contributed by atoms with van der Waals surface area (Å²) in [5.74, 6) is -0.819. The van der Waals surface area contributed by atoms with Gasteiger partial charge in [-0.15, -0.1) is 0 Å². The Morgan fingerprint density at radius 3 is 2.20 bits per heavy atom. The van der Waals surface area contributed by atoms with E-state index in [4.69, 9.17) is 0 Å². The Balaban J connectivity index is 2.04. The second-order valence-electron chi connectivity index (χ2n) is 6.66. The maximum Gasteiger partial charge on any atom is 0.325 e. The molecule has 1 atom stereocenters. The van der Waals surface area contributed by atoms with E-state index in [2.05, 4.69) is 24.4 Å². The fourth-order valence-corrected chi connectivity index (χ4v) is 2.91. The van der Waals surface area contributed by atoms with Crippen LogP contribution in [-0.4, -0.2) is 17.6 Å². The maximum absolute atomic E-state index is 11.4. The van der Waals surface area contributed by atoms with Crippen molar-refractivity contribution < 1.29 is 9.90 Å². The largest absolute Gasteiger partial charge is 0.480 e. The number of benzene rings is 1. The van der Waals surface area contributed by atoms with Crippen molar-refractivity contribution in [2.45, 2.75) is 77.2 Å².